The standard InChI is InChI=1S/C66H59NO20S/c1-5-51(68)80-35-45(82-53(70)7-3)33-78-41-25-29-43(30-26-41)84-63(74)37-17-21-39(22-18-37)65(76)86-59-49-15-11-12-16-50(49)60(61-56(59)67-62(88-61)55-57(72)47-13-9-10-14-48(47)58(55)73)87-66(77)40-23-19-38(20-24-40)64(75)85-44-31-27-42(28-32-44)79-34-46(83-54(71)8-4)36-81-52(69)6-2/h5-16,25-32,37-40,45-46,72H,1-4,17-24,33-36H2. The van der Waals surface area contributed by atoms with Crippen molar-refractivity contribution in [3.05, 3.63) is 164 Å². The molecule has 5 aromatic carbocycles. The Morgan fingerprint density at radius 2 is 0.864 bits per heavy atom. The molecule has 0 amide bonds. The molecule has 0 bridgehead atoms. The number of ketones is 1. The van der Waals surface area contributed by atoms with E-state index in [1.54, 1.807) is 72.8 Å². The monoisotopic (exact) mass is 1220 g/mol. The Labute approximate surface area is 507 Å². The average molecular weight is 1220 g/mol. The van der Waals surface area contributed by atoms with Gasteiger partial charge in [-0.05, 0) is 99.9 Å². The first-order valence-corrected chi connectivity index (χ1v) is 28.9. The summed E-state index contributed by atoms with van der Waals surface area (Å²) < 4.78 is 56.2. The lowest BCUT2D eigenvalue weighted by Crippen LogP contribution is -2.30. The molecule has 454 valence electrons. The van der Waals surface area contributed by atoms with Gasteiger partial charge < -0.3 is 52.5 Å². The Hall–Kier alpha value is -10.2. The Balaban J connectivity index is 0.847. The van der Waals surface area contributed by atoms with Crippen LogP contribution < -0.4 is 28.4 Å². The summed E-state index contributed by atoms with van der Waals surface area (Å²) in [6.07, 6.45) is 4.32. The second-order valence-corrected chi connectivity index (χ2v) is 21.5. The number of thiazole rings is 1. The van der Waals surface area contributed by atoms with Gasteiger partial charge in [0.05, 0.1) is 23.7 Å². The van der Waals surface area contributed by atoms with Crippen molar-refractivity contribution in [2.45, 2.75) is 63.6 Å². The van der Waals surface area contributed by atoms with Crippen molar-refractivity contribution in [3.63, 3.8) is 0 Å². The third-order valence-corrected chi connectivity index (χ3v) is 15.8. The molecule has 0 aliphatic heterocycles. The molecule has 1 N–H and O–H groups in total. The van der Waals surface area contributed by atoms with E-state index < -0.39 is 89.4 Å². The number of hydrogen-bond donors (Lipinski definition) is 1. The molecule has 2 unspecified atom stereocenters. The molecule has 21 nitrogen and oxygen atoms in total. The first-order valence-electron chi connectivity index (χ1n) is 28.0. The van der Waals surface area contributed by atoms with Gasteiger partial charge in [-0.3, -0.25) is 24.0 Å². The van der Waals surface area contributed by atoms with Crippen LogP contribution in [-0.4, -0.2) is 102 Å². The van der Waals surface area contributed by atoms with E-state index in [-0.39, 0.29) is 107 Å². The molecular formula is C66H59NO20S. The predicted molar refractivity (Wildman–Crippen MR) is 317 cm³/mol. The molecule has 2 atom stereocenters. The Bertz CT molecular complexity index is 3550. The second-order valence-electron chi connectivity index (χ2n) is 20.5. The van der Waals surface area contributed by atoms with Gasteiger partial charge in [-0.2, -0.15) is 0 Å². The molecule has 6 aromatic rings. The van der Waals surface area contributed by atoms with Crippen molar-refractivity contribution in [2.75, 3.05) is 26.4 Å². The molecule has 0 spiro atoms. The van der Waals surface area contributed by atoms with Crippen molar-refractivity contribution in [1.82, 2.24) is 4.98 Å². The molecule has 1 aromatic heterocycles. The first-order chi connectivity index (χ1) is 42.5. The van der Waals surface area contributed by atoms with Gasteiger partial charge in [-0.15, -0.1) is 11.3 Å². The molecule has 2 saturated carbocycles. The fourth-order valence-corrected chi connectivity index (χ4v) is 11.2. The Kier molecular flexibility index (Phi) is 20.4. The van der Waals surface area contributed by atoms with Crippen LogP contribution in [0.2, 0.25) is 0 Å². The highest BCUT2D eigenvalue weighted by atomic mass is 32.1. The van der Waals surface area contributed by atoms with Crippen molar-refractivity contribution in [3.8, 4) is 34.5 Å². The minimum atomic E-state index is -0.951. The third-order valence-electron chi connectivity index (χ3n) is 14.8. The number of aliphatic hydroxyl groups is 1. The van der Waals surface area contributed by atoms with Crippen molar-refractivity contribution >= 4 is 97.2 Å². The average Bonchev–Trinajstić information content (AvgIpc) is 1.58. The van der Waals surface area contributed by atoms with E-state index in [4.69, 9.17) is 52.4 Å². The number of aromatic nitrogens is 1. The maximum Gasteiger partial charge on any atom is 0.330 e. The van der Waals surface area contributed by atoms with E-state index >= 15 is 0 Å². The molecule has 22 heteroatoms. The van der Waals surface area contributed by atoms with Crippen LogP contribution in [0, 0.1) is 23.7 Å². The normalized spacial score (nSPS) is 17.6. The van der Waals surface area contributed by atoms with Crippen LogP contribution in [0.25, 0.3) is 32.3 Å². The third kappa shape index (κ3) is 15.1. The van der Waals surface area contributed by atoms with E-state index in [1.807, 2.05) is 0 Å². The fraction of sp³-hybridized carbons (Fsp3) is 0.273. The number of aliphatic hydroxyl groups excluding tert-OH is 1. The Morgan fingerprint density at radius 3 is 1.28 bits per heavy atom. The lowest BCUT2D eigenvalue weighted by molar-refractivity contribution is -0.154. The zero-order chi connectivity index (χ0) is 62.4. The molecule has 88 heavy (non-hydrogen) atoms. The van der Waals surface area contributed by atoms with Crippen LogP contribution in [0.4, 0.5) is 0 Å². The van der Waals surface area contributed by atoms with Gasteiger partial charge in [-0.1, -0.05) is 74.8 Å². The van der Waals surface area contributed by atoms with E-state index in [9.17, 15) is 48.3 Å². The van der Waals surface area contributed by atoms with Gasteiger partial charge in [0, 0.05) is 46.2 Å². The van der Waals surface area contributed by atoms with Crippen molar-refractivity contribution in [2.24, 2.45) is 23.7 Å². The quantitative estimate of drug-likeness (QED) is 0.0241. The largest absolute Gasteiger partial charge is 0.506 e. The van der Waals surface area contributed by atoms with E-state index in [2.05, 4.69) is 26.3 Å². The number of allylic oxidation sites excluding steroid dienone is 1. The number of rotatable bonds is 25. The lowest BCUT2D eigenvalue weighted by Gasteiger charge is -2.26. The topological polar surface area (TPSA) is 279 Å². The molecule has 1 heterocycles. The van der Waals surface area contributed by atoms with Crippen molar-refractivity contribution < 1.29 is 95.6 Å². The smallest absolute Gasteiger partial charge is 0.330 e. The van der Waals surface area contributed by atoms with Gasteiger partial charge >= 0.3 is 47.8 Å². The summed E-state index contributed by atoms with van der Waals surface area (Å²) in [6, 6.07) is 25.7. The lowest BCUT2D eigenvalue weighted by atomic mass is 9.82. The fourth-order valence-electron chi connectivity index (χ4n) is 10.1. The highest BCUT2D eigenvalue weighted by Crippen LogP contribution is 2.49. The number of ether oxygens (including phenoxy) is 10. The number of carbonyl (C=O) groups excluding carboxylic acids is 9. The highest BCUT2D eigenvalue weighted by Gasteiger charge is 2.38. The number of hydrogen-bond acceptors (Lipinski definition) is 22. The van der Waals surface area contributed by atoms with E-state index in [0.717, 1.165) is 35.6 Å². The minimum Gasteiger partial charge on any atom is -0.506 e. The molecule has 3 aliphatic carbocycles. The maximum atomic E-state index is 14.3. The number of esters is 8. The summed E-state index contributed by atoms with van der Waals surface area (Å²) in [5, 5.41) is 12.3. The molecule has 9 rings (SSSR count). The number of benzene rings is 5. The van der Waals surface area contributed by atoms with Crippen LogP contribution in [0.3, 0.4) is 0 Å². The summed E-state index contributed by atoms with van der Waals surface area (Å²) in [4.78, 5) is 121. The molecule has 0 radical (unpaired) electrons. The molecule has 2 fully saturated rings. The molecule has 0 saturated heterocycles. The van der Waals surface area contributed by atoms with Gasteiger partial charge in [0.2, 0.25) is 5.78 Å². The van der Waals surface area contributed by atoms with Gasteiger partial charge in [0.25, 0.3) is 0 Å². The van der Waals surface area contributed by atoms with Gasteiger partial charge in [0.15, 0.2) is 23.7 Å². The van der Waals surface area contributed by atoms with Gasteiger partial charge in [-0.25, -0.2) is 24.2 Å². The summed E-state index contributed by atoms with van der Waals surface area (Å²) in [5.41, 5.74) is 0.624. The zero-order valence-electron chi connectivity index (χ0n) is 47.4. The minimum absolute atomic E-state index is 0.0458. The Morgan fingerprint density at radius 1 is 0.489 bits per heavy atom. The molecular weight excluding hydrogens is 1160 g/mol. The zero-order valence-corrected chi connectivity index (χ0v) is 48.2. The second kappa shape index (κ2) is 28.8. The van der Waals surface area contributed by atoms with Crippen LogP contribution in [0.5, 0.6) is 34.5 Å². The predicted octanol–water partition coefficient (Wildman–Crippen LogP) is 10.1. The molecule has 3 aliphatic rings. The summed E-state index contributed by atoms with van der Waals surface area (Å²) in [6.45, 7) is 12.5. The van der Waals surface area contributed by atoms with Crippen LogP contribution in [0.1, 0.15) is 72.3 Å². The summed E-state index contributed by atoms with van der Waals surface area (Å²) >= 11 is 0.987. The summed E-state index contributed by atoms with van der Waals surface area (Å²) in [7, 11) is 0. The van der Waals surface area contributed by atoms with Crippen LogP contribution >= 0.6 is 11.3 Å². The maximum absolute atomic E-state index is 14.3. The number of nitrogens with zero attached hydrogens (tertiary/aromatic N) is 1. The van der Waals surface area contributed by atoms with Crippen LogP contribution in [0.15, 0.2) is 148 Å². The number of Topliss-reactive ketones (excluding diaryl/α,β-unsaturated/α-hetero) is 1. The van der Waals surface area contributed by atoms with E-state index in [1.165, 1.54) is 24.3 Å². The SMILES string of the molecule is C=CC(=O)OCC(COc1ccc(OC(=O)C2CCC(C(=O)Oc3c4ccccc4c(OC(=O)C4CCC(C(=O)Oc5ccc(OCC(COC(=O)C=C)OC(=O)C=C)cc5)CC4)c4sc(C5=C(O)c6ccccc6C5=O)nc34)CC2)cc1)OC(=O)C=C. The van der Waals surface area contributed by atoms with E-state index in [0.29, 0.717) is 53.5 Å². The highest BCUT2D eigenvalue weighted by molar-refractivity contribution is 7.20. The first kappa shape index (κ1) is 62.3. The number of fused-ring (bicyclic) bond motifs is 3. The van der Waals surface area contributed by atoms with Crippen LogP contribution in [-0.2, 0) is 57.3 Å². The van der Waals surface area contributed by atoms with Crippen molar-refractivity contribution in [1.29, 1.82) is 0 Å². The summed E-state index contributed by atoms with van der Waals surface area (Å²) in [5.74, 6) is -6.86. The van der Waals surface area contributed by atoms with Gasteiger partial charge in [0.1, 0.15) is 76.0 Å². The number of carbonyl (C=O) groups is 9.